The molecular formula is C29H35F3N4O2. The summed E-state index contributed by atoms with van der Waals surface area (Å²) >= 11 is 0. The fourth-order valence-electron chi connectivity index (χ4n) is 3.83. The lowest BCUT2D eigenvalue weighted by Gasteiger charge is -2.23. The van der Waals surface area contributed by atoms with Crippen LogP contribution in [0.4, 0.5) is 19.0 Å². The average molecular weight is 529 g/mol. The number of hydrogen-bond donors (Lipinski definition) is 1. The molecule has 0 radical (unpaired) electrons. The van der Waals surface area contributed by atoms with E-state index >= 15 is 0 Å². The summed E-state index contributed by atoms with van der Waals surface area (Å²) in [6.45, 7) is 12.1. The maximum Gasteiger partial charge on any atom is 0.416 e. The number of halogens is 3. The molecule has 204 valence electrons. The second-order valence-corrected chi connectivity index (χ2v) is 10.9. The Hall–Kier alpha value is -3.62. The lowest BCUT2D eigenvalue weighted by molar-refractivity contribution is -0.137. The number of hydrogen-bond acceptors (Lipinski definition) is 3. The normalized spacial score (nSPS) is 12.1. The molecule has 1 heterocycles. The van der Waals surface area contributed by atoms with E-state index in [0.29, 0.717) is 12.2 Å². The summed E-state index contributed by atoms with van der Waals surface area (Å²) in [4.78, 5) is 27.8. The van der Waals surface area contributed by atoms with E-state index in [1.807, 2.05) is 71.9 Å². The van der Waals surface area contributed by atoms with Gasteiger partial charge in [-0.05, 0) is 55.2 Å². The number of rotatable bonds is 8. The second kappa shape index (κ2) is 11.4. The Labute approximate surface area is 221 Å². The molecule has 0 aliphatic heterocycles. The molecule has 0 atom stereocenters. The maximum atomic E-state index is 13.2. The fraction of sp³-hybridized carbons (Fsp3) is 0.414. The quantitative estimate of drug-likeness (QED) is 0.357. The molecule has 3 aromatic rings. The first-order valence-corrected chi connectivity index (χ1v) is 12.6. The van der Waals surface area contributed by atoms with Gasteiger partial charge >= 0.3 is 6.18 Å². The van der Waals surface area contributed by atoms with Gasteiger partial charge in [0, 0.05) is 23.6 Å². The van der Waals surface area contributed by atoms with Gasteiger partial charge in [0.1, 0.15) is 12.4 Å². The van der Waals surface area contributed by atoms with Crippen LogP contribution >= 0.6 is 0 Å². The van der Waals surface area contributed by atoms with Crippen molar-refractivity contribution in [3.05, 3.63) is 77.0 Å². The van der Waals surface area contributed by atoms with Crippen LogP contribution in [0.3, 0.4) is 0 Å². The van der Waals surface area contributed by atoms with E-state index in [4.69, 9.17) is 5.10 Å². The molecule has 3 rings (SSSR count). The summed E-state index contributed by atoms with van der Waals surface area (Å²) in [6, 6.07) is 13.5. The van der Waals surface area contributed by atoms with Crippen LogP contribution in [0, 0.1) is 12.8 Å². The Morgan fingerprint density at radius 1 is 1.03 bits per heavy atom. The molecule has 0 unspecified atom stereocenters. The molecule has 0 aliphatic rings. The molecule has 0 saturated carbocycles. The Morgan fingerprint density at radius 2 is 1.66 bits per heavy atom. The third-order valence-corrected chi connectivity index (χ3v) is 6.15. The number of amides is 2. The molecule has 0 saturated heterocycles. The number of carbonyl (C=O) groups excluding carboxylic acids is 2. The first-order chi connectivity index (χ1) is 17.7. The number of aryl methyl sites for hydroxylation is 1. The molecule has 0 fully saturated rings. The second-order valence-electron chi connectivity index (χ2n) is 10.9. The zero-order valence-corrected chi connectivity index (χ0v) is 22.7. The highest BCUT2D eigenvalue weighted by molar-refractivity contribution is 5.99. The zero-order valence-electron chi connectivity index (χ0n) is 22.7. The zero-order chi connectivity index (χ0) is 28.3. The van der Waals surface area contributed by atoms with Crippen molar-refractivity contribution in [3.63, 3.8) is 0 Å². The molecule has 0 aliphatic carbocycles. The minimum atomic E-state index is -4.50. The van der Waals surface area contributed by atoms with Crippen molar-refractivity contribution in [3.8, 4) is 5.69 Å². The van der Waals surface area contributed by atoms with Gasteiger partial charge in [-0.15, -0.1) is 0 Å². The number of aromatic nitrogens is 2. The van der Waals surface area contributed by atoms with Gasteiger partial charge in [0.05, 0.1) is 16.9 Å². The van der Waals surface area contributed by atoms with Gasteiger partial charge in [0.2, 0.25) is 5.91 Å². The van der Waals surface area contributed by atoms with Crippen LogP contribution < -0.4 is 5.32 Å². The summed E-state index contributed by atoms with van der Waals surface area (Å²) in [5, 5.41) is 7.65. The van der Waals surface area contributed by atoms with Gasteiger partial charge in [0.15, 0.2) is 0 Å². The van der Waals surface area contributed by atoms with Gasteiger partial charge in [0.25, 0.3) is 5.91 Å². The van der Waals surface area contributed by atoms with Crippen molar-refractivity contribution >= 4 is 17.6 Å². The molecule has 1 aromatic heterocycles. The summed E-state index contributed by atoms with van der Waals surface area (Å²) in [6.07, 6.45) is -3.86. The van der Waals surface area contributed by atoms with Crippen molar-refractivity contribution in [1.82, 2.24) is 14.7 Å². The van der Waals surface area contributed by atoms with Gasteiger partial charge in [-0.25, -0.2) is 4.68 Å². The molecule has 38 heavy (non-hydrogen) atoms. The first-order valence-electron chi connectivity index (χ1n) is 12.6. The lowest BCUT2D eigenvalue weighted by atomic mass is 9.92. The van der Waals surface area contributed by atoms with Crippen LogP contribution in [-0.2, 0) is 16.4 Å². The van der Waals surface area contributed by atoms with Gasteiger partial charge in [-0.1, -0.05) is 52.8 Å². The minimum Gasteiger partial charge on any atom is -0.329 e. The number of anilines is 1. The van der Waals surface area contributed by atoms with Crippen molar-refractivity contribution in [2.75, 3.05) is 18.4 Å². The fourth-order valence-corrected chi connectivity index (χ4v) is 3.83. The third kappa shape index (κ3) is 7.24. The Morgan fingerprint density at radius 3 is 2.21 bits per heavy atom. The number of benzene rings is 2. The molecule has 6 nitrogen and oxygen atoms in total. The standard InChI is InChI=1S/C29H35F3N4O2/c1-19(2)15-16-35(27(38)21-11-13-22(14-12-21)29(30,31)32)18-26(37)33-25-17-24(28(4,5)6)34-36(25)23-10-8-7-9-20(23)3/h7-14,17,19H,15-16,18H2,1-6H3,(H,33,37). The van der Waals surface area contributed by atoms with Crippen LogP contribution in [0.25, 0.3) is 5.69 Å². The van der Waals surface area contributed by atoms with Crippen LogP contribution in [0.15, 0.2) is 54.6 Å². The number of nitrogens with zero attached hydrogens (tertiary/aromatic N) is 3. The number of nitrogens with one attached hydrogen (secondary N) is 1. The number of carbonyl (C=O) groups is 2. The van der Waals surface area contributed by atoms with E-state index in [9.17, 15) is 22.8 Å². The molecule has 2 aromatic carbocycles. The molecule has 1 N–H and O–H groups in total. The molecule has 9 heteroatoms. The van der Waals surface area contributed by atoms with E-state index in [1.165, 1.54) is 4.90 Å². The highest BCUT2D eigenvalue weighted by atomic mass is 19.4. The first kappa shape index (κ1) is 28.9. The SMILES string of the molecule is Cc1ccccc1-n1nc(C(C)(C)C)cc1NC(=O)CN(CCC(C)C)C(=O)c1ccc(C(F)(F)F)cc1. The van der Waals surface area contributed by atoms with E-state index in [1.54, 1.807) is 4.68 Å². The molecule has 0 bridgehead atoms. The Kier molecular flexibility index (Phi) is 8.69. The van der Waals surface area contributed by atoms with Crippen molar-refractivity contribution < 1.29 is 22.8 Å². The predicted molar refractivity (Wildman–Crippen MR) is 142 cm³/mol. The Balaban J connectivity index is 1.87. The van der Waals surface area contributed by atoms with Crippen LogP contribution in [0.1, 0.15) is 68.2 Å². The topological polar surface area (TPSA) is 67.2 Å². The monoisotopic (exact) mass is 528 g/mol. The summed E-state index contributed by atoms with van der Waals surface area (Å²) in [5.41, 5.74) is 1.57. The van der Waals surface area contributed by atoms with Crippen molar-refractivity contribution in [1.29, 1.82) is 0 Å². The summed E-state index contributed by atoms with van der Waals surface area (Å²) in [5.74, 6) is -0.195. The van der Waals surface area contributed by atoms with Gasteiger partial charge < -0.3 is 10.2 Å². The number of alkyl halides is 3. The van der Waals surface area contributed by atoms with E-state index in [2.05, 4.69) is 5.32 Å². The molecule has 0 spiro atoms. The lowest BCUT2D eigenvalue weighted by Crippen LogP contribution is -2.39. The summed E-state index contributed by atoms with van der Waals surface area (Å²) < 4.78 is 40.6. The minimum absolute atomic E-state index is 0.0922. The highest BCUT2D eigenvalue weighted by Gasteiger charge is 2.31. The molecular weight excluding hydrogens is 493 g/mol. The number of para-hydroxylation sites is 1. The average Bonchev–Trinajstić information content (AvgIpc) is 3.25. The van der Waals surface area contributed by atoms with Gasteiger partial charge in [-0.2, -0.15) is 18.3 Å². The van der Waals surface area contributed by atoms with Crippen LogP contribution in [0.5, 0.6) is 0 Å². The largest absolute Gasteiger partial charge is 0.416 e. The smallest absolute Gasteiger partial charge is 0.329 e. The van der Waals surface area contributed by atoms with Crippen LogP contribution in [0.2, 0.25) is 0 Å². The van der Waals surface area contributed by atoms with Gasteiger partial charge in [-0.3, -0.25) is 9.59 Å². The van der Waals surface area contributed by atoms with E-state index in [0.717, 1.165) is 41.2 Å². The molecule has 2 amide bonds. The van der Waals surface area contributed by atoms with Crippen LogP contribution in [-0.4, -0.2) is 39.6 Å². The maximum absolute atomic E-state index is 13.2. The van der Waals surface area contributed by atoms with Crippen molar-refractivity contribution in [2.24, 2.45) is 5.92 Å². The van der Waals surface area contributed by atoms with E-state index < -0.39 is 23.6 Å². The third-order valence-electron chi connectivity index (χ3n) is 6.15. The Bertz CT molecular complexity index is 1270. The van der Waals surface area contributed by atoms with E-state index in [-0.39, 0.29) is 30.0 Å². The highest BCUT2D eigenvalue weighted by Crippen LogP contribution is 2.30. The van der Waals surface area contributed by atoms with Crippen molar-refractivity contribution in [2.45, 2.75) is 59.6 Å². The predicted octanol–water partition coefficient (Wildman–Crippen LogP) is 6.62. The summed E-state index contributed by atoms with van der Waals surface area (Å²) in [7, 11) is 0.